The highest BCUT2D eigenvalue weighted by atomic mass is 13.7. The molecular formula is C9H12. The minimum atomic E-state index is 0.733. The maximum atomic E-state index is 3.02. The molecule has 0 heterocycles. The van der Waals surface area contributed by atoms with Crippen LogP contribution in [0.3, 0.4) is 0 Å². The van der Waals surface area contributed by atoms with E-state index in [0.29, 0.717) is 0 Å². The number of hydrogen-bond acceptors (Lipinski definition) is 0. The van der Waals surface area contributed by atoms with E-state index in [2.05, 4.69) is 30.6 Å². The van der Waals surface area contributed by atoms with Gasteiger partial charge in [0, 0.05) is 6.42 Å². The molecule has 0 N–H and O–H groups in total. The van der Waals surface area contributed by atoms with Gasteiger partial charge in [0.1, 0.15) is 0 Å². The van der Waals surface area contributed by atoms with Gasteiger partial charge in [0.2, 0.25) is 0 Å². The summed E-state index contributed by atoms with van der Waals surface area (Å²) in [6.45, 7) is 3.96. The molecule has 0 aliphatic rings. The largest absolute Gasteiger partial charge is 0.106 e. The smallest absolute Gasteiger partial charge is 0.0702 e. The van der Waals surface area contributed by atoms with E-state index in [9.17, 15) is 0 Å². The standard InChI is InChI=1S/C9H12/c1-3-5-7-9-8-6-4-2/h3,5,8H2,1-2H3. The van der Waals surface area contributed by atoms with Crippen molar-refractivity contribution in [3.8, 4) is 23.7 Å². The fourth-order valence-electron chi connectivity index (χ4n) is 0.408. The molecule has 0 nitrogen and oxygen atoms in total. The molecule has 0 amide bonds. The van der Waals surface area contributed by atoms with Crippen LogP contribution in [0.5, 0.6) is 0 Å². The predicted molar refractivity (Wildman–Crippen MR) is 40.8 cm³/mol. The van der Waals surface area contributed by atoms with Crippen LogP contribution in [0, 0.1) is 23.7 Å². The molecule has 0 aliphatic carbocycles. The van der Waals surface area contributed by atoms with Crippen molar-refractivity contribution in [2.24, 2.45) is 0 Å². The summed E-state index contributed by atoms with van der Waals surface area (Å²) in [6.07, 6.45) is 2.88. The van der Waals surface area contributed by atoms with Gasteiger partial charge in [-0.25, -0.2) is 0 Å². The van der Waals surface area contributed by atoms with Crippen LogP contribution < -0.4 is 0 Å². The summed E-state index contributed by atoms with van der Waals surface area (Å²) >= 11 is 0. The highest BCUT2D eigenvalue weighted by Gasteiger charge is 1.67. The Morgan fingerprint density at radius 2 is 1.89 bits per heavy atom. The average molecular weight is 120 g/mol. The molecule has 9 heavy (non-hydrogen) atoms. The first-order valence-corrected chi connectivity index (χ1v) is 3.27. The average Bonchev–Trinajstić information content (AvgIpc) is 1.89. The van der Waals surface area contributed by atoms with Gasteiger partial charge >= 0.3 is 0 Å². The second-order valence-corrected chi connectivity index (χ2v) is 1.71. The van der Waals surface area contributed by atoms with E-state index in [1.54, 1.807) is 0 Å². The monoisotopic (exact) mass is 120 g/mol. The summed E-state index contributed by atoms with van der Waals surface area (Å²) in [5.41, 5.74) is 0. The molecule has 0 atom stereocenters. The van der Waals surface area contributed by atoms with Crippen molar-refractivity contribution >= 4 is 0 Å². The fraction of sp³-hybridized carbons (Fsp3) is 0.556. The normalized spacial score (nSPS) is 6.44. The first-order chi connectivity index (χ1) is 4.41. The molecule has 0 radical (unpaired) electrons. The van der Waals surface area contributed by atoms with Gasteiger partial charge in [-0.1, -0.05) is 18.8 Å². The second kappa shape index (κ2) is 7.12. The van der Waals surface area contributed by atoms with Crippen LogP contribution in [-0.4, -0.2) is 0 Å². The summed E-state index contributed by atoms with van der Waals surface area (Å²) < 4.78 is 0. The lowest BCUT2D eigenvalue weighted by atomic mass is 10.3. The lowest BCUT2D eigenvalue weighted by Gasteiger charge is -1.74. The third-order valence-corrected chi connectivity index (χ3v) is 0.854. The molecule has 0 rings (SSSR count). The van der Waals surface area contributed by atoms with Crippen LogP contribution in [0.25, 0.3) is 0 Å². The molecule has 0 heteroatoms. The maximum Gasteiger partial charge on any atom is 0.0702 e. The molecule has 0 aromatic rings. The molecule has 0 saturated carbocycles. The van der Waals surface area contributed by atoms with Crippen molar-refractivity contribution in [3.05, 3.63) is 0 Å². The first-order valence-electron chi connectivity index (χ1n) is 3.27. The molecule has 0 saturated heterocycles. The zero-order valence-electron chi connectivity index (χ0n) is 6.12. The van der Waals surface area contributed by atoms with E-state index >= 15 is 0 Å². The van der Waals surface area contributed by atoms with Crippen LogP contribution in [0.4, 0.5) is 0 Å². The Labute approximate surface area is 57.7 Å². The summed E-state index contributed by atoms with van der Waals surface area (Å²) in [4.78, 5) is 0. The SMILES string of the molecule is CC#CCC#CCCC. The number of rotatable bonds is 1. The third-order valence-electron chi connectivity index (χ3n) is 0.854. The second-order valence-electron chi connectivity index (χ2n) is 1.71. The van der Waals surface area contributed by atoms with Gasteiger partial charge in [0.05, 0.1) is 6.42 Å². The predicted octanol–water partition coefficient (Wildman–Crippen LogP) is 2.20. The van der Waals surface area contributed by atoms with Crippen molar-refractivity contribution in [3.63, 3.8) is 0 Å². The maximum absolute atomic E-state index is 3.02. The van der Waals surface area contributed by atoms with E-state index in [0.717, 1.165) is 19.3 Å². The van der Waals surface area contributed by atoms with Gasteiger partial charge in [-0.05, 0) is 13.3 Å². The van der Waals surface area contributed by atoms with Gasteiger partial charge in [-0.3, -0.25) is 0 Å². The van der Waals surface area contributed by atoms with Crippen LogP contribution in [0.2, 0.25) is 0 Å². The van der Waals surface area contributed by atoms with Crippen molar-refractivity contribution in [2.75, 3.05) is 0 Å². The summed E-state index contributed by atoms with van der Waals surface area (Å²) in [6, 6.07) is 0. The minimum absolute atomic E-state index is 0.733. The van der Waals surface area contributed by atoms with Crippen LogP contribution in [0.15, 0.2) is 0 Å². The Balaban J connectivity index is 3.23. The quantitative estimate of drug-likeness (QED) is 0.465. The highest BCUT2D eigenvalue weighted by Crippen LogP contribution is 1.81. The van der Waals surface area contributed by atoms with Crippen LogP contribution in [0.1, 0.15) is 33.1 Å². The highest BCUT2D eigenvalue weighted by molar-refractivity contribution is 5.10. The van der Waals surface area contributed by atoms with Crippen molar-refractivity contribution < 1.29 is 0 Å². The molecule has 48 valence electrons. The topological polar surface area (TPSA) is 0 Å². The van der Waals surface area contributed by atoms with Crippen molar-refractivity contribution in [1.29, 1.82) is 0 Å². The first kappa shape index (κ1) is 8.12. The van der Waals surface area contributed by atoms with Crippen LogP contribution in [-0.2, 0) is 0 Å². The number of hydrogen-bond donors (Lipinski definition) is 0. The van der Waals surface area contributed by atoms with E-state index in [1.807, 2.05) is 6.92 Å². The van der Waals surface area contributed by atoms with Crippen molar-refractivity contribution in [2.45, 2.75) is 33.1 Å². The molecule has 0 spiro atoms. The lowest BCUT2D eigenvalue weighted by molar-refractivity contribution is 0.982. The van der Waals surface area contributed by atoms with Gasteiger partial charge in [-0.15, -0.1) is 11.8 Å². The molecule has 0 bridgehead atoms. The van der Waals surface area contributed by atoms with Crippen molar-refractivity contribution in [1.82, 2.24) is 0 Å². The van der Waals surface area contributed by atoms with Gasteiger partial charge in [-0.2, -0.15) is 0 Å². The minimum Gasteiger partial charge on any atom is -0.106 e. The molecule has 0 aliphatic heterocycles. The molecular weight excluding hydrogens is 108 g/mol. The van der Waals surface area contributed by atoms with E-state index in [4.69, 9.17) is 0 Å². The van der Waals surface area contributed by atoms with Gasteiger partial charge in [0.25, 0.3) is 0 Å². The Hall–Kier alpha value is -0.880. The Morgan fingerprint density at radius 3 is 2.44 bits per heavy atom. The van der Waals surface area contributed by atoms with E-state index < -0.39 is 0 Å². The molecule has 0 aromatic heterocycles. The van der Waals surface area contributed by atoms with Gasteiger partial charge in [0.15, 0.2) is 0 Å². The van der Waals surface area contributed by atoms with E-state index in [-0.39, 0.29) is 0 Å². The zero-order valence-corrected chi connectivity index (χ0v) is 6.12. The zero-order chi connectivity index (χ0) is 6.95. The summed E-state index contributed by atoms with van der Waals surface area (Å²) in [5, 5.41) is 0. The summed E-state index contributed by atoms with van der Waals surface area (Å²) in [7, 11) is 0. The van der Waals surface area contributed by atoms with E-state index in [1.165, 1.54) is 0 Å². The Bertz CT molecular complexity index is 156. The fourth-order valence-corrected chi connectivity index (χ4v) is 0.408. The Morgan fingerprint density at radius 1 is 1.11 bits per heavy atom. The third kappa shape index (κ3) is 7.12. The molecule has 0 aromatic carbocycles. The summed E-state index contributed by atoms with van der Waals surface area (Å²) in [5.74, 6) is 11.7. The molecule has 0 unspecified atom stereocenters. The van der Waals surface area contributed by atoms with Gasteiger partial charge < -0.3 is 0 Å². The Kier molecular flexibility index (Phi) is 6.42. The molecule has 0 fully saturated rings. The number of unbranched alkanes of at least 4 members (excludes halogenated alkanes) is 1. The lowest BCUT2D eigenvalue weighted by Crippen LogP contribution is -1.62. The van der Waals surface area contributed by atoms with Crippen LogP contribution >= 0.6 is 0 Å².